The SMILES string of the molecule is Cc1cc(C2CCCC2)c(-c2ccccc2C)[n+](C)c1.Cc1cc(C2CCCCC2)c(-c2ccccc2C)[n+](C)c1.Cc1cc(CC2CCCC2)c(-c2ccccc2C)[n+](C)c1.Cc1cc(CC2CCCCC2)c(-c2ccccc2C)[n+](C)c1.[2H]C([2H])([2H])c1cc(-c2ccccc2C([2H])([2H])[2H])c(-c2ccccc2C)[n+](C)c1. The second-order valence-corrected chi connectivity index (χ2v) is 32.0. The van der Waals surface area contributed by atoms with Gasteiger partial charge in [0.2, 0.25) is 28.5 Å². The lowest BCUT2D eigenvalue weighted by Gasteiger charge is -2.23. The molecule has 4 saturated carbocycles. The summed E-state index contributed by atoms with van der Waals surface area (Å²) in [5.74, 6) is 3.24. The van der Waals surface area contributed by atoms with E-state index in [4.69, 9.17) is 8.22 Å². The fourth-order valence-electron chi connectivity index (χ4n) is 18.2. The van der Waals surface area contributed by atoms with Crippen molar-refractivity contribution in [2.24, 2.45) is 47.1 Å². The van der Waals surface area contributed by atoms with Crippen LogP contribution in [0.25, 0.3) is 67.4 Å². The summed E-state index contributed by atoms with van der Waals surface area (Å²) in [6, 6.07) is 60.9. The Kier molecular flexibility index (Phi) is 24.5. The van der Waals surface area contributed by atoms with Crippen molar-refractivity contribution in [2.75, 3.05) is 0 Å². The largest absolute Gasteiger partial charge is 0.220 e. The van der Waals surface area contributed by atoms with Crippen LogP contribution >= 0.6 is 0 Å². The number of hydrogen-bond donors (Lipinski definition) is 0. The Balaban J connectivity index is 0.000000139. The van der Waals surface area contributed by atoms with E-state index in [2.05, 4.69) is 248 Å². The molecule has 5 aromatic heterocycles. The molecule has 106 heavy (non-hydrogen) atoms. The average Bonchev–Trinajstić information content (AvgIpc) is 0.843. The number of aromatic nitrogens is 5. The maximum absolute atomic E-state index is 7.93. The van der Waals surface area contributed by atoms with Gasteiger partial charge in [-0.15, -0.1) is 0 Å². The molecular formula is C101H126N5+5. The summed E-state index contributed by atoms with van der Waals surface area (Å²) in [7, 11) is 10.6. The summed E-state index contributed by atoms with van der Waals surface area (Å²) in [4.78, 5) is 0. The molecule has 5 heteroatoms. The van der Waals surface area contributed by atoms with Crippen LogP contribution in [0, 0.1) is 87.9 Å². The average molecular weight is 1420 g/mol. The van der Waals surface area contributed by atoms with Crippen molar-refractivity contribution in [3.63, 3.8) is 0 Å². The number of nitrogens with zero attached hydrogens (tertiary/aromatic N) is 5. The highest BCUT2D eigenvalue weighted by Gasteiger charge is 2.31. The van der Waals surface area contributed by atoms with Gasteiger partial charge in [-0.3, -0.25) is 0 Å². The topological polar surface area (TPSA) is 19.4 Å². The van der Waals surface area contributed by atoms with Gasteiger partial charge in [-0.25, -0.2) is 22.8 Å². The summed E-state index contributed by atoms with van der Waals surface area (Å²) in [5, 5.41) is 0. The number of rotatable bonds is 12. The lowest BCUT2D eigenvalue weighted by atomic mass is 9.81. The van der Waals surface area contributed by atoms with Gasteiger partial charge in [0.25, 0.3) is 0 Å². The summed E-state index contributed by atoms with van der Waals surface area (Å²) in [6.07, 6.45) is 38.2. The maximum Gasteiger partial charge on any atom is 0.220 e. The zero-order valence-electron chi connectivity index (χ0n) is 72.8. The van der Waals surface area contributed by atoms with Crippen molar-refractivity contribution in [3.05, 3.63) is 290 Å². The van der Waals surface area contributed by atoms with Crippen LogP contribution in [0.3, 0.4) is 0 Å². The van der Waals surface area contributed by atoms with Crippen LogP contribution < -0.4 is 22.8 Å². The Hall–Kier alpha value is -8.93. The highest BCUT2D eigenvalue weighted by atomic mass is 14.9. The van der Waals surface area contributed by atoms with E-state index in [1.54, 1.807) is 59.3 Å². The second kappa shape index (κ2) is 37.1. The molecule has 0 bridgehead atoms. The molecule has 5 heterocycles. The van der Waals surface area contributed by atoms with Crippen molar-refractivity contribution in [2.45, 2.75) is 216 Å². The molecule has 0 radical (unpaired) electrons. The van der Waals surface area contributed by atoms with E-state index in [0.29, 0.717) is 11.1 Å². The first-order valence-electron chi connectivity index (χ1n) is 43.1. The number of aryl methyl sites for hydroxylation is 16. The highest BCUT2D eigenvalue weighted by molar-refractivity contribution is 5.82. The number of benzene rings is 6. The van der Waals surface area contributed by atoms with Crippen LogP contribution in [-0.2, 0) is 48.1 Å². The summed E-state index contributed by atoms with van der Waals surface area (Å²) >= 11 is 0. The van der Waals surface area contributed by atoms with E-state index < -0.39 is 13.7 Å². The molecule has 0 N–H and O–H groups in total. The third kappa shape index (κ3) is 19.6. The zero-order chi connectivity index (χ0) is 80.0. The van der Waals surface area contributed by atoms with Gasteiger partial charge in [0, 0.05) is 86.1 Å². The van der Waals surface area contributed by atoms with Gasteiger partial charge in [-0.1, -0.05) is 205 Å². The van der Waals surface area contributed by atoms with Crippen molar-refractivity contribution in [3.8, 4) is 67.4 Å². The highest BCUT2D eigenvalue weighted by Crippen LogP contribution is 2.42. The normalized spacial score (nSPS) is 15.9. The number of pyridine rings is 5. The predicted molar refractivity (Wildman–Crippen MR) is 446 cm³/mol. The molecule has 5 nitrogen and oxygen atoms in total. The molecule has 6 aromatic carbocycles. The molecule has 4 aliphatic rings. The van der Waals surface area contributed by atoms with E-state index in [0.717, 1.165) is 40.5 Å². The van der Waals surface area contributed by atoms with Gasteiger partial charge in [0.15, 0.2) is 31.0 Å². The van der Waals surface area contributed by atoms with Gasteiger partial charge < -0.3 is 0 Å². The van der Waals surface area contributed by atoms with Gasteiger partial charge in [0.1, 0.15) is 35.2 Å². The van der Waals surface area contributed by atoms with Crippen LogP contribution in [0.15, 0.2) is 207 Å². The molecule has 0 saturated heterocycles. The Morgan fingerprint density at radius 3 is 0.896 bits per heavy atom. The Bertz CT molecular complexity index is 5020. The maximum atomic E-state index is 7.93. The van der Waals surface area contributed by atoms with Gasteiger partial charge in [0.05, 0.1) is 5.56 Å². The molecule has 0 aliphatic heterocycles. The quantitative estimate of drug-likeness (QED) is 0.109. The molecule has 4 aliphatic carbocycles. The van der Waals surface area contributed by atoms with Gasteiger partial charge >= 0.3 is 0 Å². The molecular weight excluding hydrogens is 1280 g/mol. The summed E-state index contributed by atoms with van der Waals surface area (Å²) in [5.41, 5.74) is 32.5. The Labute approximate surface area is 648 Å². The van der Waals surface area contributed by atoms with E-state index >= 15 is 0 Å². The fourth-order valence-corrected chi connectivity index (χ4v) is 18.2. The van der Waals surface area contributed by atoms with Crippen LogP contribution in [0.1, 0.15) is 219 Å². The van der Waals surface area contributed by atoms with E-state index in [-0.39, 0.29) is 11.1 Å². The van der Waals surface area contributed by atoms with Crippen molar-refractivity contribution in [1.82, 2.24) is 0 Å². The van der Waals surface area contributed by atoms with Gasteiger partial charge in [-0.05, 0) is 238 Å². The molecule has 4 fully saturated rings. The Morgan fingerprint density at radius 2 is 0.538 bits per heavy atom. The second-order valence-electron chi connectivity index (χ2n) is 32.0. The first-order valence-corrected chi connectivity index (χ1v) is 40.1. The fraction of sp³-hybridized carbons (Fsp3) is 0.396. The summed E-state index contributed by atoms with van der Waals surface area (Å²) < 4.78 is 58.4. The molecule has 0 spiro atoms. The lowest BCUT2D eigenvalue weighted by Crippen LogP contribution is -2.33. The zero-order valence-corrected chi connectivity index (χ0v) is 66.8. The minimum atomic E-state index is -2.31. The van der Waals surface area contributed by atoms with E-state index in [1.807, 2.05) is 31.2 Å². The van der Waals surface area contributed by atoms with Crippen LogP contribution in [0.4, 0.5) is 0 Å². The first-order chi connectivity index (χ1) is 53.6. The number of hydrogen-bond acceptors (Lipinski definition) is 0. The third-order valence-electron chi connectivity index (χ3n) is 23.2. The molecule has 15 rings (SSSR count). The van der Waals surface area contributed by atoms with Crippen molar-refractivity contribution < 1.29 is 31.1 Å². The molecule has 0 amide bonds. The van der Waals surface area contributed by atoms with Crippen LogP contribution in [0.2, 0.25) is 0 Å². The van der Waals surface area contributed by atoms with Crippen molar-refractivity contribution in [1.29, 1.82) is 0 Å². The molecule has 0 atom stereocenters. The molecule has 0 unspecified atom stereocenters. The monoisotopic (exact) mass is 1420 g/mol. The predicted octanol–water partition coefficient (Wildman–Crippen LogP) is 23.5. The standard InChI is InChI=1S/C21H22N.C21H28N.2C20H26N.C19H24N/c1-15-13-20(18-11-7-5-9-16(18)2)21(22(4)14-15)19-12-8-6-10-17(19)3;1-16-13-19(14-18-10-5-4-6-11-18)21(22(3)15-16)20-12-8-7-9-17(20)2;1-15-12-18(13-17-9-5-6-10-17)20(21(3)14-15)19-11-7-4-8-16(19)2;1-15-13-19(17-10-5-4-6-11-17)20(21(3)14-15)18-12-8-7-9-16(18)2;1-14-12-18(16-9-5-6-10-16)19(20(3)13-14)17-11-7-4-8-15(17)2/h5-14H,1-4H3;7-9,12-13,15,18H,4-6,10-11,14H2,1-3H3;4,7-8,11-12,14,17H,5-6,9-10,13H2,1-3H3;7-9,12-14,17H,4-6,10-11H2,1-3H3;4,7-8,11-13,16H,5-6,9-10H2,1-3H3/q5*+1/i1D3,2D3;;;;. The van der Waals surface area contributed by atoms with Gasteiger partial charge in [-0.2, -0.15) is 0 Å². The molecule has 550 valence electrons. The van der Waals surface area contributed by atoms with E-state index in [9.17, 15) is 0 Å². The third-order valence-corrected chi connectivity index (χ3v) is 23.2. The minimum absolute atomic E-state index is 0.169. The molecule has 11 aromatic rings. The van der Waals surface area contributed by atoms with Crippen LogP contribution in [-0.4, -0.2) is 0 Å². The first kappa shape index (κ1) is 70.1. The minimum Gasteiger partial charge on any atom is -0.201 e. The van der Waals surface area contributed by atoms with Crippen LogP contribution in [0.5, 0.6) is 0 Å². The lowest BCUT2D eigenvalue weighted by molar-refractivity contribution is -0.661. The van der Waals surface area contributed by atoms with E-state index in [1.165, 1.54) is 229 Å². The smallest absolute Gasteiger partial charge is 0.201 e. The Morgan fingerprint density at radius 1 is 0.264 bits per heavy atom. The van der Waals surface area contributed by atoms with Crippen molar-refractivity contribution >= 4 is 0 Å². The summed E-state index contributed by atoms with van der Waals surface area (Å²) in [6.45, 7) is 15.1.